The fourth-order valence-corrected chi connectivity index (χ4v) is 3.09. The van der Waals surface area contributed by atoms with Gasteiger partial charge in [-0.25, -0.2) is 4.39 Å². The molecule has 1 fully saturated rings. The van der Waals surface area contributed by atoms with Crippen LogP contribution in [0.1, 0.15) is 50.2 Å². The van der Waals surface area contributed by atoms with Gasteiger partial charge in [0.25, 0.3) is 0 Å². The van der Waals surface area contributed by atoms with Crippen LogP contribution in [0.4, 0.5) is 4.39 Å². The number of benzene rings is 1. The minimum absolute atomic E-state index is 0.196. The molecule has 0 aromatic heterocycles. The summed E-state index contributed by atoms with van der Waals surface area (Å²) in [4.78, 5) is 2.33. The van der Waals surface area contributed by atoms with Crippen molar-refractivity contribution in [1.29, 1.82) is 5.26 Å². The number of hydrogen-bond donors (Lipinski definition) is 0. The van der Waals surface area contributed by atoms with Crippen LogP contribution >= 0.6 is 0 Å². The van der Waals surface area contributed by atoms with Gasteiger partial charge in [-0.15, -0.1) is 0 Å². The summed E-state index contributed by atoms with van der Waals surface area (Å²) in [7, 11) is 0. The normalized spacial score (nSPS) is 20.4. The summed E-state index contributed by atoms with van der Waals surface area (Å²) in [5.74, 6) is 0.638. The Morgan fingerprint density at radius 3 is 2.95 bits per heavy atom. The lowest BCUT2D eigenvalue weighted by Crippen LogP contribution is -2.24. The summed E-state index contributed by atoms with van der Waals surface area (Å²) in [6, 6.07) is 6.72. The molecule has 1 aromatic rings. The van der Waals surface area contributed by atoms with E-state index in [0.717, 1.165) is 19.0 Å². The molecule has 0 N–H and O–H groups in total. The van der Waals surface area contributed by atoms with Gasteiger partial charge in [-0.05, 0) is 56.5 Å². The zero-order valence-electron chi connectivity index (χ0n) is 12.2. The molecule has 1 atom stereocenters. The van der Waals surface area contributed by atoms with E-state index in [1.165, 1.54) is 38.2 Å². The SMILES string of the molecule is CCCC1CCCN(Cc2cc(C#N)ccc2F)CC1. The van der Waals surface area contributed by atoms with Crippen LogP contribution in [-0.2, 0) is 6.54 Å². The van der Waals surface area contributed by atoms with Crippen molar-refractivity contribution >= 4 is 0 Å². The Hall–Kier alpha value is -1.40. The maximum atomic E-state index is 13.8. The van der Waals surface area contributed by atoms with E-state index in [2.05, 4.69) is 17.9 Å². The second-order valence-electron chi connectivity index (χ2n) is 5.78. The van der Waals surface area contributed by atoms with E-state index in [9.17, 15) is 4.39 Å². The Kier molecular flexibility index (Phi) is 5.55. The van der Waals surface area contributed by atoms with Gasteiger partial charge in [-0.3, -0.25) is 4.90 Å². The van der Waals surface area contributed by atoms with Crippen LogP contribution in [0.3, 0.4) is 0 Å². The molecule has 3 heteroatoms. The fraction of sp³-hybridized carbons (Fsp3) is 0.588. The molecule has 0 aliphatic carbocycles. The van der Waals surface area contributed by atoms with E-state index in [0.29, 0.717) is 17.7 Å². The molecule has 1 heterocycles. The number of rotatable bonds is 4. The third-order valence-corrected chi connectivity index (χ3v) is 4.21. The third-order valence-electron chi connectivity index (χ3n) is 4.21. The Morgan fingerprint density at radius 2 is 2.20 bits per heavy atom. The van der Waals surface area contributed by atoms with Crippen molar-refractivity contribution in [2.24, 2.45) is 5.92 Å². The lowest BCUT2D eigenvalue weighted by molar-refractivity contribution is 0.267. The van der Waals surface area contributed by atoms with Crippen molar-refractivity contribution in [2.45, 2.75) is 45.6 Å². The monoisotopic (exact) mass is 274 g/mol. The van der Waals surface area contributed by atoms with Crippen LogP contribution in [0.5, 0.6) is 0 Å². The molecule has 1 aliphatic rings. The molecule has 0 spiro atoms. The second-order valence-corrected chi connectivity index (χ2v) is 5.78. The molecule has 2 rings (SSSR count). The Bertz CT molecular complexity index is 478. The minimum Gasteiger partial charge on any atom is -0.299 e. The van der Waals surface area contributed by atoms with Crippen LogP contribution in [0, 0.1) is 23.1 Å². The maximum absolute atomic E-state index is 13.8. The van der Waals surface area contributed by atoms with Gasteiger partial charge in [0.2, 0.25) is 0 Å². The molecule has 1 saturated heterocycles. The van der Waals surface area contributed by atoms with Gasteiger partial charge >= 0.3 is 0 Å². The predicted octanol–water partition coefficient (Wildman–Crippen LogP) is 4.10. The summed E-state index contributed by atoms with van der Waals surface area (Å²) in [6.07, 6.45) is 6.28. The summed E-state index contributed by atoms with van der Waals surface area (Å²) < 4.78 is 13.8. The van der Waals surface area contributed by atoms with E-state index in [1.807, 2.05) is 0 Å². The topological polar surface area (TPSA) is 27.0 Å². The summed E-state index contributed by atoms with van der Waals surface area (Å²) in [5.41, 5.74) is 1.19. The lowest BCUT2D eigenvalue weighted by atomic mass is 9.96. The zero-order chi connectivity index (χ0) is 14.4. The molecular weight excluding hydrogens is 251 g/mol. The first kappa shape index (κ1) is 15.0. The highest BCUT2D eigenvalue weighted by atomic mass is 19.1. The van der Waals surface area contributed by atoms with Crippen molar-refractivity contribution in [3.05, 3.63) is 35.1 Å². The van der Waals surface area contributed by atoms with E-state index in [4.69, 9.17) is 5.26 Å². The van der Waals surface area contributed by atoms with Gasteiger partial charge in [-0.1, -0.05) is 19.8 Å². The van der Waals surface area contributed by atoms with Crippen LogP contribution in [0.15, 0.2) is 18.2 Å². The van der Waals surface area contributed by atoms with Crippen molar-refractivity contribution in [3.63, 3.8) is 0 Å². The highest BCUT2D eigenvalue weighted by molar-refractivity contribution is 5.33. The van der Waals surface area contributed by atoms with E-state index < -0.39 is 0 Å². The first-order chi connectivity index (χ1) is 9.72. The van der Waals surface area contributed by atoms with Crippen LogP contribution in [0.2, 0.25) is 0 Å². The summed E-state index contributed by atoms with van der Waals surface area (Å²) in [6.45, 7) is 4.95. The number of halogens is 1. The van der Waals surface area contributed by atoms with Gasteiger partial charge in [0, 0.05) is 12.1 Å². The van der Waals surface area contributed by atoms with Gasteiger partial charge in [0.15, 0.2) is 0 Å². The average Bonchev–Trinajstić information content (AvgIpc) is 2.67. The zero-order valence-corrected chi connectivity index (χ0v) is 12.2. The first-order valence-electron chi connectivity index (χ1n) is 7.63. The Labute approximate surface area is 121 Å². The molecule has 0 saturated carbocycles. The quantitative estimate of drug-likeness (QED) is 0.826. The van der Waals surface area contributed by atoms with Crippen molar-refractivity contribution in [1.82, 2.24) is 4.90 Å². The maximum Gasteiger partial charge on any atom is 0.127 e. The molecular formula is C17H23FN2. The summed E-state index contributed by atoms with van der Waals surface area (Å²) >= 11 is 0. The predicted molar refractivity (Wildman–Crippen MR) is 78.6 cm³/mol. The van der Waals surface area contributed by atoms with Crippen LogP contribution in [-0.4, -0.2) is 18.0 Å². The number of nitriles is 1. The summed E-state index contributed by atoms with van der Waals surface area (Å²) in [5, 5.41) is 8.91. The first-order valence-corrected chi connectivity index (χ1v) is 7.63. The number of nitrogens with zero attached hydrogens (tertiary/aromatic N) is 2. The Morgan fingerprint density at radius 1 is 1.35 bits per heavy atom. The molecule has 0 bridgehead atoms. The van der Waals surface area contributed by atoms with E-state index in [-0.39, 0.29) is 5.82 Å². The van der Waals surface area contributed by atoms with Gasteiger partial charge in [0.05, 0.1) is 11.6 Å². The standard InChI is InChI=1S/C17H23FN2/c1-2-4-14-5-3-9-20(10-8-14)13-16-11-15(12-19)6-7-17(16)18/h6-7,11,14H,2-5,8-10,13H2,1H3. The molecule has 0 radical (unpaired) electrons. The molecule has 1 aromatic carbocycles. The third kappa shape index (κ3) is 4.05. The lowest BCUT2D eigenvalue weighted by Gasteiger charge is -2.20. The number of likely N-dealkylation sites (tertiary alicyclic amines) is 1. The molecule has 108 valence electrons. The van der Waals surface area contributed by atoms with E-state index >= 15 is 0 Å². The van der Waals surface area contributed by atoms with Crippen LogP contribution in [0.25, 0.3) is 0 Å². The molecule has 0 amide bonds. The highest BCUT2D eigenvalue weighted by Gasteiger charge is 2.17. The van der Waals surface area contributed by atoms with Crippen molar-refractivity contribution in [3.8, 4) is 6.07 Å². The highest BCUT2D eigenvalue weighted by Crippen LogP contribution is 2.23. The number of hydrogen-bond acceptors (Lipinski definition) is 2. The smallest absolute Gasteiger partial charge is 0.127 e. The average molecular weight is 274 g/mol. The van der Waals surface area contributed by atoms with Gasteiger partial charge in [0.1, 0.15) is 5.82 Å². The molecule has 2 nitrogen and oxygen atoms in total. The Balaban J connectivity index is 1.98. The minimum atomic E-state index is -0.196. The van der Waals surface area contributed by atoms with Crippen molar-refractivity contribution in [2.75, 3.05) is 13.1 Å². The molecule has 1 aliphatic heterocycles. The van der Waals surface area contributed by atoms with E-state index in [1.54, 1.807) is 12.1 Å². The second kappa shape index (κ2) is 7.40. The largest absolute Gasteiger partial charge is 0.299 e. The van der Waals surface area contributed by atoms with Gasteiger partial charge < -0.3 is 0 Å². The fourth-order valence-electron chi connectivity index (χ4n) is 3.09. The van der Waals surface area contributed by atoms with Gasteiger partial charge in [-0.2, -0.15) is 5.26 Å². The molecule has 1 unspecified atom stereocenters. The van der Waals surface area contributed by atoms with Crippen molar-refractivity contribution < 1.29 is 4.39 Å². The van der Waals surface area contributed by atoms with Crippen LogP contribution < -0.4 is 0 Å². The molecule has 20 heavy (non-hydrogen) atoms.